The molecule has 1 saturated heterocycles. The molecule has 23 heavy (non-hydrogen) atoms. The minimum absolute atomic E-state index is 0.0994. The van der Waals surface area contributed by atoms with E-state index >= 15 is 0 Å². The van der Waals surface area contributed by atoms with Gasteiger partial charge in [-0.3, -0.25) is 4.79 Å². The number of carbonyl (C=O) groups is 1. The normalized spacial score (nSPS) is 18.0. The van der Waals surface area contributed by atoms with Crippen molar-refractivity contribution in [3.63, 3.8) is 0 Å². The maximum atomic E-state index is 11.0. The number of hydrogen-bond acceptors (Lipinski definition) is 6. The van der Waals surface area contributed by atoms with Crippen molar-refractivity contribution in [2.45, 2.75) is 13.0 Å². The predicted octanol–water partition coefficient (Wildman–Crippen LogP) is 1.10. The van der Waals surface area contributed by atoms with E-state index in [1.54, 1.807) is 23.1 Å². The summed E-state index contributed by atoms with van der Waals surface area (Å²) in [7, 11) is 0. The molecule has 1 amide bonds. The van der Waals surface area contributed by atoms with E-state index < -0.39 is 0 Å². The lowest BCUT2D eigenvalue weighted by Crippen LogP contribution is -2.51. The fourth-order valence-corrected chi connectivity index (χ4v) is 2.81. The Kier molecular flexibility index (Phi) is 4.01. The number of anilines is 2. The number of benzene rings is 1. The van der Waals surface area contributed by atoms with Crippen LogP contribution in [0.25, 0.3) is 11.3 Å². The molecule has 0 unspecified atom stereocenters. The van der Waals surface area contributed by atoms with Gasteiger partial charge in [-0.15, -0.1) is 10.2 Å². The monoisotopic (exact) mass is 313 g/mol. The standard InChI is InChI=1S/C16H19N5O2/c1-11-9-20(6-7-21(11)10-22)14-8-13(18-19-16(14)17)12-4-2-3-5-15(12)23/h2-5,8,10-11,23H,6-7,9H2,1H3,(H2,17,19)/t11-/m1/s1. The van der Waals surface area contributed by atoms with Crippen LogP contribution in [0.1, 0.15) is 6.92 Å². The van der Waals surface area contributed by atoms with Crippen LogP contribution < -0.4 is 10.6 Å². The quantitative estimate of drug-likeness (QED) is 0.824. The Morgan fingerprint density at radius 3 is 2.78 bits per heavy atom. The van der Waals surface area contributed by atoms with Crippen molar-refractivity contribution in [3.05, 3.63) is 30.3 Å². The highest BCUT2D eigenvalue weighted by atomic mass is 16.3. The van der Waals surface area contributed by atoms with Crippen LogP contribution >= 0.6 is 0 Å². The number of nitrogen functional groups attached to an aromatic ring is 1. The second kappa shape index (κ2) is 6.12. The summed E-state index contributed by atoms with van der Waals surface area (Å²) in [5.41, 5.74) is 7.94. The molecule has 1 aliphatic heterocycles. The van der Waals surface area contributed by atoms with Crippen LogP contribution in [0.15, 0.2) is 30.3 Å². The van der Waals surface area contributed by atoms with E-state index in [0.29, 0.717) is 36.7 Å². The van der Waals surface area contributed by atoms with Crippen LogP contribution in [0.2, 0.25) is 0 Å². The molecule has 1 aromatic carbocycles. The molecule has 1 atom stereocenters. The fraction of sp³-hybridized carbons (Fsp3) is 0.312. The number of aromatic nitrogens is 2. The smallest absolute Gasteiger partial charge is 0.210 e. The van der Waals surface area contributed by atoms with Gasteiger partial charge in [0.2, 0.25) is 6.41 Å². The van der Waals surface area contributed by atoms with Crippen LogP contribution in [0, 0.1) is 0 Å². The summed E-state index contributed by atoms with van der Waals surface area (Å²) in [5.74, 6) is 0.493. The first-order chi connectivity index (χ1) is 11.1. The van der Waals surface area contributed by atoms with Gasteiger partial charge in [0.1, 0.15) is 5.75 Å². The molecule has 0 aliphatic carbocycles. The Hall–Kier alpha value is -2.83. The van der Waals surface area contributed by atoms with Crippen LogP contribution in [-0.2, 0) is 4.79 Å². The van der Waals surface area contributed by atoms with Gasteiger partial charge in [0.15, 0.2) is 5.82 Å². The highest BCUT2D eigenvalue weighted by Gasteiger charge is 2.24. The highest BCUT2D eigenvalue weighted by molar-refractivity contribution is 5.74. The number of para-hydroxylation sites is 1. The van der Waals surface area contributed by atoms with E-state index in [4.69, 9.17) is 5.73 Å². The third-order valence-electron chi connectivity index (χ3n) is 4.14. The number of rotatable bonds is 3. The average molecular weight is 313 g/mol. The molecule has 0 radical (unpaired) electrons. The van der Waals surface area contributed by atoms with Crippen molar-refractivity contribution in [2.24, 2.45) is 0 Å². The zero-order chi connectivity index (χ0) is 16.4. The number of piperazine rings is 1. The molecule has 0 bridgehead atoms. The van der Waals surface area contributed by atoms with Gasteiger partial charge < -0.3 is 20.6 Å². The van der Waals surface area contributed by atoms with Gasteiger partial charge in [-0.2, -0.15) is 0 Å². The molecule has 0 saturated carbocycles. The Labute approximate surface area is 134 Å². The van der Waals surface area contributed by atoms with E-state index in [0.717, 1.165) is 12.1 Å². The molecule has 1 fully saturated rings. The van der Waals surface area contributed by atoms with Crippen LogP contribution in [0.3, 0.4) is 0 Å². The summed E-state index contributed by atoms with van der Waals surface area (Å²) < 4.78 is 0. The fourth-order valence-electron chi connectivity index (χ4n) is 2.81. The maximum absolute atomic E-state index is 11.0. The lowest BCUT2D eigenvalue weighted by molar-refractivity contribution is -0.120. The van der Waals surface area contributed by atoms with Gasteiger partial charge in [-0.25, -0.2) is 0 Å². The third-order valence-corrected chi connectivity index (χ3v) is 4.14. The summed E-state index contributed by atoms with van der Waals surface area (Å²) >= 11 is 0. The topological polar surface area (TPSA) is 95.6 Å². The van der Waals surface area contributed by atoms with Crippen molar-refractivity contribution < 1.29 is 9.90 Å². The molecule has 2 heterocycles. The number of nitrogens with two attached hydrogens (primary N) is 1. The van der Waals surface area contributed by atoms with Crippen molar-refractivity contribution in [3.8, 4) is 17.0 Å². The number of hydrogen-bond donors (Lipinski definition) is 2. The van der Waals surface area contributed by atoms with Gasteiger partial charge in [-0.1, -0.05) is 12.1 Å². The van der Waals surface area contributed by atoms with Gasteiger partial charge >= 0.3 is 0 Å². The van der Waals surface area contributed by atoms with Gasteiger partial charge in [0.05, 0.1) is 11.4 Å². The summed E-state index contributed by atoms with van der Waals surface area (Å²) in [5, 5.41) is 18.1. The lowest BCUT2D eigenvalue weighted by atomic mass is 10.1. The summed E-state index contributed by atoms with van der Waals surface area (Å²) in [4.78, 5) is 14.9. The van der Waals surface area contributed by atoms with Crippen LogP contribution in [0.4, 0.5) is 11.5 Å². The first kappa shape index (κ1) is 15.1. The lowest BCUT2D eigenvalue weighted by Gasteiger charge is -2.39. The van der Waals surface area contributed by atoms with Crippen molar-refractivity contribution in [1.29, 1.82) is 0 Å². The minimum atomic E-state index is 0.0994. The Bertz CT molecular complexity index is 721. The SMILES string of the molecule is C[C@@H]1CN(c2cc(-c3ccccc3O)nnc2N)CCN1C=O. The van der Waals surface area contributed by atoms with E-state index in [-0.39, 0.29) is 11.8 Å². The molecule has 0 spiro atoms. The van der Waals surface area contributed by atoms with Crippen LogP contribution in [0.5, 0.6) is 5.75 Å². The molecule has 7 heteroatoms. The van der Waals surface area contributed by atoms with E-state index in [9.17, 15) is 9.90 Å². The van der Waals surface area contributed by atoms with Crippen molar-refractivity contribution >= 4 is 17.9 Å². The van der Waals surface area contributed by atoms with Crippen LogP contribution in [-0.4, -0.2) is 52.3 Å². The van der Waals surface area contributed by atoms with E-state index in [1.807, 2.05) is 19.1 Å². The van der Waals surface area contributed by atoms with Crippen molar-refractivity contribution in [2.75, 3.05) is 30.3 Å². The molecule has 3 rings (SSSR count). The molecular weight excluding hydrogens is 294 g/mol. The van der Waals surface area contributed by atoms with Crippen molar-refractivity contribution in [1.82, 2.24) is 15.1 Å². The van der Waals surface area contributed by atoms with E-state index in [2.05, 4.69) is 15.1 Å². The minimum Gasteiger partial charge on any atom is -0.507 e. The number of nitrogens with zero attached hydrogens (tertiary/aromatic N) is 4. The molecule has 120 valence electrons. The summed E-state index contributed by atoms with van der Waals surface area (Å²) in [6, 6.07) is 8.91. The number of phenols is 1. The Morgan fingerprint density at radius 2 is 2.09 bits per heavy atom. The summed E-state index contributed by atoms with van der Waals surface area (Å²) in [6.45, 7) is 3.99. The number of aromatic hydroxyl groups is 1. The Morgan fingerprint density at radius 1 is 1.30 bits per heavy atom. The van der Waals surface area contributed by atoms with Gasteiger partial charge in [-0.05, 0) is 25.1 Å². The second-order valence-electron chi connectivity index (χ2n) is 5.66. The average Bonchev–Trinajstić information content (AvgIpc) is 2.56. The number of amides is 1. The number of phenolic OH excluding ortho intramolecular Hbond substituents is 1. The zero-order valence-corrected chi connectivity index (χ0v) is 12.9. The van der Waals surface area contributed by atoms with Gasteiger partial charge in [0, 0.05) is 31.2 Å². The first-order valence-corrected chi connectivity index (χ1v) is 7.47. The second-order valence-corrected chi connectivity index (χ2v) is 5.66. The first-order valence-electron chi connectivity index (χ1n) is 7.47. The highest BCUT2D eigenvalue weighted by Crippen LogP contribution is 2.31. The largest absolute Gasteiger partial charge is 0.507 e. The molecular formula is C16H19N5O2. The zero-order valence-electron chi connectivity index (χ0n) is 12.9. The molecule has 1 aliphatic rings. The Balaban J connectivity index is 1.93. The third kappa shape index (κ3) is 2.90. The maximum Gasteiger partial charge on any atom is 0.210 e. The molecule has 2 aromatic rings. The van der Waals surface area contributed by atoms with E-state index in [1.165, 1.54) is 0 Å². The van der Waals surface area contributed by atoms with Gasteiger partial charge in [0.25, 0.3) is 0 Å². The molecule has 1 aromatic heterocycles. The number of carbonyl (C=O) groups excluding carboxylic acids is 1. The molecule has 7 nitrogen and oxygen atoms in total. The molecule has 3 N–H and O–H groups in total. The summed E-state index contributed by atoms with van der Waals surface area (Å²) in [6.07, 6.45) is 0.879. The predicted molar refractivity (Wildman–Crippen MR) is 88.0 cm³/mol.